The molecule has 0 N–H and O–H groups in total. The standard InChI is InChI=1S/C30H38N6O2/c1-5-23(20-33(3)4)38-30-31-26-21-36(27-13-9-11-22-10-7-8-12-24(22)27)15-14-25(26)29(32-30)35-18-16-34(17-19-35)28(37)6-2/h6-13,23H,2,5,14-21H2,1,3-4H3/t23-/m1/s1. The minimum Gasteiger partial charge on any atom is -0.459 e. The Morgan fingerprint density at radius 3 is 2.55 bits per heavy atom. The molecule has 0 unspecified atom stereocenters. The van der Waals surface area contributed by atoms with Crippen molar-refractivity contribution in [2.45, 2.75) is 32.4 Å². The van der Waals surface area contributed by atoms with Crippen LogP contribution in [0.3, 0.4) is 0 Å². The van der Waals surface area contributed by atoms with Crippen LogP contribution in [0.1, 0.15) is 24.6 Å². The van der Waals surface area contributed by atoms with Crippen LogP contribution in [0.2, 0.25) is 0 Å². The third-order valence-electron chi connectivity index (χ3n) is 7.49. The number of anilines is 2. The number of hydrogen-bond acceptors (Lipinski definition) is 7. The van der Waals surface area contributed by atoms with Crippen molar-refractivity contribution in [3.05, 3.63) is 66.4 Å². The van der Waals surface area contributed by atoms with E-state index in [2.05, 4.69) is 84.8 Å². The molecular weight excluding hydrogens is 476 g/mol. The lowest BCUT2D eigenvalue weighted by Crippen LogP contribution is -2.49. The fourth-order valence-electron chi connectivity index (χ4n) is 5.47. The van der Waals surface area contributed by atoms with Gasteiger partial charge in [0.25, 0.3) is 0 Å². The highest BCUT2D eigenvalue weighted by Gasteiger charge is 2.29. The molecule has 1 saturated heterocycles. The van der Waals surface area contributed by atoms with Gasteiger partial charge < -0.3 is 24.3 Å². The normalized spacial score (nSPS) is 16.5. The van der Waals surface area contributed by atoms with Gasteiger partial charge in [-0.15, -0.1) is 0 Å². The van der Waals surface area contributed by atoms with Crippen molar-refractivity contribution in [3.8, 4) is 6.01 Å². The van der Waals surface area contributed by atoms with Crippen LogP contribution in [0.5, 0.6) is 6.01 Å². The number of piperazine rings is 1. The molecule has 200 valence electrons. The Kier molecular flexibility index (Phi) is 7.79. The average molecular weight is 515 g/mol. The first-order valence-electron chi connectivity index (χ1n) is 13.6. The second kappa shape index (κ2) is 11.4. The molecule has 3 heterocycles. The molecule has 0 radical (unpaired) electrons. The summed E-state index contributed by atoms with van der Waals surface area (Å²) in [7, 11) is 4.11. The number of nitrogens with zero attached hydrogens (tertiary/aromatic N) is 6. The van der Waals surface area contributed by atoms with Crippen LogP contribution in [-0.2, 0) is 17.8 Å². The van der Waals surface area contributed by atoms with Gasteiger partial charge in [0.1, 0.15) is 11.9 Å². The number of likely N-dealkylation sites (N-methyl/N-ethyl adjacent to an activating group) is 1. The average Bonchev–Trinajstić information content (AvgIpc) is 2.95. The molecule has 2 aliphatic heterocycles. The maximum absolute atomic E-state index is 12.1. The molecule has 0 saturated carbocycles. The zero-order chi connectivity index (χ0) is 26.6. The monoisotopic (exact) mass is 514 g/mol. The molecule has 1 amide bonds. The molecule has 1 aromatic heterocycles. The molecule has 8 heteroatoms. The maximum Gasteiger partial charge on any atom is 0.318 e. The Morgan fingerprint density at radius 2 is 1.82 bits per heavy atom. The summed E-state index contributed by atoms with van der Waals surface area (Å²) in [5, 5.41) is 2.49. The molecule has 8 nitrogen and oxygen atoms in total. The largest absolute Gasteiger partial charge is 0.459 e. The fourth-order valence-corrected chi connectivity index (χ4v) is 5.47. The van der Waals surface area contributed by atoms with Gasteiger partial charge in [-0.1, -0.05) is 49.9 Å². The maximum atomic E-state index is 12.1. The van der Waals surface area contributed by atoms with E-state index in [0.717, 1.165) is 50.5 Å². The van der Waals surface area contributed by atoms with Crippen LogP contribution in [0.15, 0.2) is 55.1 Å². The van der Waals surface area contributed by atoms with Gasteiger partial charge in [0, 0.05) is 55.9 Å². The van der Waals surface area contributed by atoms with Crippen molar-refractivity contribution in [2.75, 3.05) is 63.2 Å². The number of carbonyl (C=O) groups excluding carboxylic acids is 1. The van der Waals surface area contributed by atoms with Crippen molar-refractivity contribution in [1.29, 1.82) is 0 Å². The molecule has 0 bridgehead atoms. The first kappa shape index (κ1) is 26.0. The van der Waals surface area contributed by atoms with E-state index in [-0.39, 0.29) is 12.0 Å². The predicted molar refractivity (Wildman–Crippen MR) is 153 cm³/mol. The van der Waals surface area contributed by atoms with Crippen molar-refractivity contribution in [1.82, 2.24) is 19.8 Å². The van der Waals surface area contributed by atoms with Gasteiger partial charge in [-0.2, -0.15) is 9.97 Å². The highest BCUT2D eigenvalue weighted by molar-refractivity contribution is 5.94. The molecule has 1 atom stereocenters. The van der Waals surface area contributed by atoms with Crippen LogP contribution in [0, 0.1) is 0 Å². The molecule has 2 aromatic carbocycles. The second-order valence-electron chi connectivity index (χ2n) is 10.4. The van der Waals surface area contributed by atoms with Gasteiger partial charge in [-0.05, 0) is 44.5 Å². The summed E-state index contributed by atoms with van der Waals surface area (Å²) in [6.45, 7) is 10.9. The third kappa shape index (κ3) is 5.45. The van der Waals surface area contributed by atoms with E-state index in [4.69, 9.17) is 14.7 Å². The van der Waals surface area contributed by atoms with Crippen LogP contribution in [0.4, 0.5) is 11.5 Å². The lowest BCUT2D eigenvalue weighted by Gasteiger charge is -2.38. The minimum atomic E-state index is -0.0152. The molecule has 0 aliphatic carbocycles. The molecule has 1 fully saturated rings. The van der Waals surface area contributed by atoms with Gasteiger partial charge >= 0.3 is 6.01 Å². The van der Waals surface area contributed by atoms with Crippen molar-refractivity contribution in [2.24, 2.45) is 0 Å². The highest BCUT2D eigenvalue weighted by Crippen LogP contribution is 2.34. The zero-order valence-corrected chi connectivity index (χ0v) is 22.8. The summed E-state index contributed by atoms with van der Waals surface area (Å²) >= 11 is 0. The molecule has 2 aliphatic rings. The topological polar surface area (TPSA) is 65.0 Å². The van der Waals surface area contributed by atoms with Gasteiger partial charge in [-0.25, -0.2) is 0 Å². The summed E-state index contributed by atoms with van der Waals surface area (Å²) in [6.07, 6.45) is 3.13. The van der Waals surface area contributed by atoms with Crippen molar-refractivity contribution < 1.29 is 9.53 Å². The lowest BCUT2D eigenvalue weighted by atomic mass is 10.0. The predicted octanol–water partition coefficient (Wildman–Crippen LogP) is 3.75. The summed E-state index contributed by atoms with van der Waals surface area (Å²) < 4.78 is 6.37. The first-order chi connectivity index (χ1) is 18.5. The summed E-state index contributed by atoms with van der Waals surface area (Å²) in [4.78, 5) is 30.8. The van der Waals surface area contributed by atoms with E-state index >= 15 is 0 Å². The Labute approximate surface area is 225 Å². The second-order valence-corrected chi connectivity index (χ2v) is 10.4. The summed E-state index contributed by atoms with van der Waals surface area (Å²) in [5.74, 6) is 0.937. The Bertz CT molecular complexity index is 1300. The smallest absolute Gasteiger partial charge is 0.318 e. The number of benzene rings is 2. The summed E-state index contributed by atoms with van der Waals surface area (Å²) in [6, 6.07) is 15.5. The lowest BCUT2D eigenvalue weighted by molar-refractivity contribution is -0.126. The quantitative estimate of drug-likeness (QED) is 0.424. The van der Waals surface area contributed by atoms with E-state index in [1.54, 1.807) is 0 Å². The SMILES string of the molecule is C=CC(=O)N1CCN(c2nc(O[C@H](CC)CN(C)C)nc3c2CCN(c2cccc4ccccc24)C3)CC1. The number of aromatic nitrogens is 2. The molecule has 5 rings (SSSR count). The number of rotatable bonds is 8. The van der Waals surface area contributed by atoms with E-state index in [0.29, 0.717) is 25.6 Å². The number of carbonyl (C=O) groups is 1. The highest BCUT2D eigenvalue weighted by atomic mass is 16.5. The van der Waals surface area contributed by atoms with Crippen LogP contribution < -0.4 is 14.5 Å². The molecule has 3 aromatic rings. The number of amides is 1. The van der Waals surface area contributed by atoms with Crippen LogP contribution >= 0.6 is 0 Å². The Hall–Kier alpha value is -3.65. The molecule has 0 spiro atoms. The van der Waals surface area contributed by atoms with Crippen molar-refractivity contribution >= 4 is 28.2 Å². The zero-order valence-electron chi connectivity index (χ0n) is 22.8. The van der Waals surface area contributed by atoms with Gasteiger partial charge in [-0.3, -0.25) is 4.79 Å². The van der Waals surface area contributed by atoms with E-state index < -0.39 is 0 Å². The third-order valence-corrected chi connectivity index (χ3v) is 7.49. The molecular formula is C30H38N6O2. The van der Waals surface area contributed by atoms with Gasteiger partial charge in [0.15, 0.2) is 0 Å². The van der Waals surface area contributed by atoms with Crippen molar-refractivity contribution in [3.63, 3.8) is 0 Å². The van der Waals surface area contributed by atoms with Crippen LogP contribution in [0.25, 0.3) is 10.8 Å². The van der Waals surface area contributed by atoms with Gasteiger partial charge in [0.2, 0.25) is 5.91 Å². The summed E-state index contributed by atoms with van der Waals surface area (Å²) in [5.41, 5.74) is 3.44. The Morgan fingerprint density at radius 1 is 1.05 bits per heavy atom. The minimum absolute atomic E-state index is 0.00993. The fraction of sp³-hybridized carbons (Fsp3) is 0.433. The number of hydrogen-bond donors (Lipinski definition) is 0. The first-order valence-corrected chi connectivity index (χ1v) is 13.6. The van der Waals surface area contributed by atoms with E-state index in [1.165, 1.54) is 28.1 Å². The van der Waals surface area contributed by atoms with Crippen LogP contribution in [-0.4, -0.2) is 85.1 Å². The van der Waals surface area contributed by atoms with Gasteiger partial charge in [0.05, 0.1) is 12.2 Å². The number of ether oxygens (including phenoxy) is 1. The molecule has 38 heavy (non-hydrogen) atoms. The van der Waals surface area contributed by atoms with E-state index in [9.17, 15) is 4.79 Å². The Balaban J connectivity index is 1.47. The van der Waals surface area contributed by atoms with E-state index in [1.807, 2.05) is 4.90 Å². The number of fused-ring (bicyclic) bond motifs is 2.